The number of aryl methyl sites for hydroxylation is 1. The maximum atomic E-state index is 12.5. The molecular formula is C16H18N2O. The summed E-state index contributed by atoms with van der Waals surface area (Å²) in [5, 5.41) is 0. The Hall–Kier alpha value is -2.13. The number of nitrogens with zero attached hydrogens (tertiary/aromatic N) is 1. The van der Waals surface area contributed by atoms with Gasteiger partial charge in [0.15, 0.2) is 0 Å². The second kappa shape index (κ2) is 5.67. The van der Waals surface area contributed by atoms with Crippen molar-refractivity contribution in [2.45, 2.75) is 13.5 Å². The number of benzene rings is 2. The minimum Gasteiger partial charge on any atom is -0.326 e. The van der Waals surface area contributed by atoms with Crippen molar-refractivity contribution in [1.82, 2.24) is 0 Å². The molecule has 0 atom stereocenters. The summed E-state index contributed by atoms with van der Waals surface area (Å²) in [6.45, 7) is 2.44. The molecule has 0 aromatic heterocycles. The molecule has 0 saturated heterocycles. The molecule has 2 N–H and O–H groups in total. The zero-order chi connectivity index (χ0) is 13.8. The maximum Gasteiger partial charge on any atom is 0.258 e. The lowest BCUT2D eigenvalue weighted by Crippen LogP contribution is -2.27. The minimum absolute atomic E-state index is 0.0235. The van der Waals surface area contributed by atoms with Crippen molar-refractivity contribution >= 4 is 11.6 Å². The van der Waals surface area contributed by atoms with E-state index in [2.05, 4.69) is 0 Å². The molecule has 0 unspecified atom stereocenters. The summed E-state index contributed by atoms with van der Waals surface area (Å²) in [5.74, 6) is -0.0235. The SMILES string of the molecule is Cc1ccccc1N(C)C(=O)c1cccc(CN)c1. The Morgan fingerprint density at radius 1 is 1.16 bits per heavy atom. The average Bonchev–Trinajstić information content (AvgIpc) is 2.46. The molecule has 0 spiro atoms. The van der Waals surface area contributed by atoms with E-state index in [1.54, 1.807) is 11.9 Å². The molecule has 0 fully saturated rings. The van der Waals surface area contributed by atoms with Crippen LogP contribution >= 0.6 is 0 Å². The third-order valence-electron chi connectivity index (χ3n) is 3.19. The molecule has 19 heavy (non-hydrogen) atoms. The largest absolute Gasteiger partial charge is 0.326 e. The number of carbonyl (C=O) groups excluding carboxylic acids is 1. The zero-order valence-electron chi connectivity index (χ0n) is 11.3. The number of para-hydroxylation sites is 1. The third-order valence-corrected chi connectivity index (χ3v) is 3.19. The van der Waals surface area contributed by atoms with E-state index >= 15 is 0 Å². The fourth-order valence-corrected chi connectivity index (χ4v) is 2.07. The van der Waals surface area contributed by atoms with Crippen molar-refractivity contribution in [3.63, 3.8) is 0 Å². The number of rotatable bonds is 3. The van der Waals surface area contributed by atoms with Crippen molar-refractivity contribution in [2.24, 2.45) is 5.73 Å². The van der Waals surface area contributed by atoms with Crippen LogP contribution < -0.4 is 10.6 Å². The number of hydrogen-bond donors (Lipinski definition) is 1. The Labute approximate surface area is 113 Å². The van der Waals surface area contributed by atoms with Gasteiger partial charge in [-0.3, -0.25) is 4.79 Å². The monoisotopic (exact) mass is 254 g/mol. The van der Waals surface area contributed by atoms with Gasteiger partial charge in [0.25, 0.3) is 5.91 Å². The topological polar surface area (TPSA) is 46.3 Å². The van der Waals surface area contributed by atoms with Crippen LogP contribution in [0.25, 0.3) is 0 Å². The third kappa shape index (κ3) is 2.83. The lowest BCUT2D eigenvalue weighted by atomic mass is 10.1. The second-order valence-electron chi connectivity index (χ2n) is 4.56. The summed E-state index contributed by atoms with van der Waals surface area (Å²) in [6.07, 6.45) is 0. The average molecular weight is 254 g/mol. The highest BCUT2D eigenvalue weighted by Crippen LogP contribution is 2.20. The van der Waals surface area contributed by atoms with Crippen molar-refractivity contribution in [1.29, 1.82) is 0 Å². The number of amides is 1. The van der Waals surface area contributed by atoms with Crippen molar-refractivity contribution in [3.05, 3.63) is 65.2 Å². The van der Waals surface area contributed by atoms with E-state index in [1.807, 2.05) is 55.5 Å². The number of nitrogens with two attached hydrogens (primary N) is 1. The minimum atomic E-state index is -0.0235. The first-order chi connectivity index (χ1) is 9.13. The molecule has 0 aliphatic heterocycles. The lowest BCUT2D eigenvalue weighted by Gasteiger charge is -2.19. The highest BCUT2D eigenvalue weighted by molar-refractivity contribution is 6.06. The van der Waals surface area contributed by atoms with Crippen molar-refractivity contribution < 1.29 is 4.79 Å². The van der Waals surface area contributed by atoms with Crippen LogP contribution in [0.15, 0.2) is 48.5 Å². The number of anilines is 1. The molecule has 0 aliphatic carbocycles. The van der Waals surface area contributed by atoms with Crippen molar-refractivity contribution in [2.75, 3.05) is 11.9 Å². The van der Waals surface area contributed by atoms with Gasteiger partial charge in [-0.15, -0.1) is 0 Å². The first-order valence-corrected chi connectivity index (χ1v) is 6.26. The van der Waals surface area contributed by atoms with Gasteiger partial charge in [-0.25, -0.2) is 0 Å². The summed E-state index contributed by atoms with van der Waals surface area (Å²) in [4.78, 5) is 14.1. The molecule has 1 amide bonds. The highest BCUT2D eigenvalue weighted by Gasteiger charge is 2.14. The summed E-state index contributed by atoms with van der Waals surface area (Å²) in [6, 6.07) is 15.3. The summed E-state index contributed by atoms with van der Waals surface area (Å²) >= 11 is 0. The molecular weight excluding hydrogens is 236 g/mol. The second-order valence-corrected chi connectivity index (χ2v) is 4.56. The van der Waals surface area contributed by atoms with Gasteiger partial charge in [0, 0.05) is 24.8 Å². The van der Waals surface area contributed by atoms with Crippen LogP contribution in [-0.4, -0.2) is 13.0 Å². The summed E-state index contributed by atoms with van der Waals surface area (Å²) in [5.41, 5.74) is 9.23. The van der Waals surface area contributed by atoms with Gasteiger partial charge in [0.1, 0.15) is 0 Å². The summed E-state index contributed by atoms with van der Waals surface area (Å²) < 4.78 is 0. The Morgan fingerprint density at radius 2 is 1.89 bits per heavy atom. The molecule has 3 heteroatoms. The lowest BCUT2D eigenvalue weighted by molar-refractivity contribution is 0.0993. The molecule has 2 aromatic carbocycles. The van der Waals surface area contributed by atoms with Crippen LogP contribution in [0.3, 0.4) is 0 Å². The van der Waals surface area contributed by atoms with Gasteiger partial charge in [-0.05, 0) is 36.2 Å². The standard InChI is InChI=1S/C16H18N2O/c1-12-6-3-4-9-15(12)18(2)16(19)14-8-5-7-13(10-14)11-17/h3-10H,11,17H2,1-2H3. The van der Waals surface area contributed by atoms with E-state index in [4.69, 9.17) is 5.73 Å². The van der Waals surface area contributed by atoms with Crippen LogP contribution in [-0.2, 0) is 6.54 Å². The van der Waals surface area contributed by atoms with Gasteiger partial charge in [0.2, 0.25) is 0 Å². The fraction of sp³-hybridized carbons (Fsp3) is 0.188. The van der Waals surface area contributed by atoms with E-state index in [1.165, 1.54) is 0 Å². The Balaban J connectivity index is 2.31. The smallest absolute Gasteiger partial charge is 0.258 e. The molecule has 0 aliphatic rings. The Morgan fingerprint density at radius 3 is 2.58 bits per heavy atom. The van der Waals surface area contributed by atoms with Gasteiger partial charge in [-0.2, -0.15) is 0 Å². The molecule has 3 nitrogen and oxygen atoms in total. The fourth-order valence-electron chi connectivity index (χ4n) is 2.07. The molecule has 0 bridgehead atoms. The molecule has 0 heterocycles. The van der Waals surface area contributed by atoms with Crippen LogP contribution in [0, 0.1) is 6.92 Å². The van der Waals surface area contributed by atoms with Crippen LogP contribution in [0.2, 0.25) is 0 Å². The van der Waals surface area contributed by atoms with Crippen molar-refractivity contribution in [3.8, 4) is 0 Å². The quantitative estimate of drug-likeness (QED) is 0.915. The number of hydrogen-bond acceptors (Lipinski definition) is 2. The highest BCUT2D eigenvalue weighted by atomic mass is 16.2. The molecule has 98 valence electrons. The molecule has 0 radical (unpaired) electrons. The van der Waals surface area contributed by atoms with Crippen LogP contribution in [0.4, 0.5) is 5.69 Å². The Bertz CT molecular complexity index is 593. The van der Waals surface area contributed by atoms with E-state index in [0.29, 0.717) is 12.1 Å². The van der Waals surface area contributed by atoms with Crippen LogP contribution in [0.5, 0.6) is 0 Å². The number of carbonyl (C=O) groups is 1. The van der Waals surface area contributed by atoms with Crippen LogP contribution in [0.1, 0.15) is 21.5 Å². The van der Waals surface area contributed by atoms with E-state index in [0.717, 1.165) is 16.8 Å². The Kier molecular flexibility index (Phi) is 3.97. The predicted molar refractivity (Wildman–Crippen MR) is 78.2 cm³/mol. The first kappa shape index (κ1) is 13.3. The van der Waals surface area contributed by atoms with Gasteiger partial charge in [0.05, 0.1) is 0 Å². The molecule has 0 saturated carbocycles. The van der Waals surface area contributed by atoms with Gasteiger partial charge >= 0.3 is 0 Å². The normalized spacial score (nSPS) is 10.3. The van der Waals surface area contributed by atoms with Gasteiger partial charge in [-0.1, -0.05) is 30.3 Å². The summed E-state index contributed by atoms with van der Waals surface area (Å²) in [7, 11) is 1.79. The van der Waals surface area contributed by atoms with Gasteiger partial charge < -0.3 is 10.6 Å². The first-order valence-electron chi connectivity index (χ1n) is 6.26. The zero-order valence-corrected chi connectivity index (χ0v) is 11.3. The molecule has 2 rings (SSSR count). The predicted octanol–water partition coefficient (Wildman–Crippen LogP) is 2.73. The van der Waals surface area contributed by atoms with E-state index in [-0.39, 0.29) is 5.91 Å². The maximum absolute atomic E-state index is 12.5. The van der Waals surface area contributed by atoms with E-state index < -0.39 is 0 Å². The van der Waals surface area contributed by atoms with E-state index in [9.17, 15) is 4.79 Å². The molecule has 2 aromatic rings.